The Morgan fingerprint density at radius 1 is 1.33 bits per heavy atom. The topological polar surface area (TPSA) is 63.5 Å². The van der Waals surface area contributed by atoms with E-state index in [4.69, 9.17) is 9.15 Å². The van der Waals surface area contributed by atoms with Gasteiger partial charge in [0.05, 0.1) is 19.2 Å². The molecular formula is C21H29ClN2O3. The highest BCUT2D eigenvalue weighted by Crippen LogP contribution is 2.34. The molecule has 4 atom stereocenters. The number of fused-ring (bicyclic) bond motifs is 2. The molecule has 1 saturated heterocycles. The fraction of sp³-hybridized carbons (Fsp3) is 0.571. The highest BCUT2D eigenvalue weighted by Gasteiger charge is 2.38. The summed E-state index contributed by atoms with van der Waals surface area (Å²) in [5.41, 5.74) is 1.88. The smallest absolute Gasteiger partial charge is 0.237 e. The van der Waals surface area contributed by atoms with Gasteiger partial charge in [-0.15, -0.1) is 12.4 Å². The van der Waals surface area contributed by atoms with Crippen LogP contribution in [0.4, 0.5) is 0 Å². The minimum Gasteiger partial charge on any atom is -0.497 e. The SMILES string of the molecule is COc1ccc2oc(C(C)NC(=O)C3CC4CCCCC4N3)c(C)c2c1.Cl. The van der Waals surface area contributed by atoms with E-state index in [1.807, 2.05) is 32.0 Å². The fourth-order valence-corrected chi connectivity index (χ4v) is 4.66. The first kappa shape index (κ1) is 20.0. The quantitative estimate of drug-likeness (QED) is 0.815. The first-order valence-corrected chi connectivity index (χ1v) is 9.70. The van der Waals surface area contributed by atoms with Crippen LogP contribution in [0, 0.1) is 12.8 Å². The van der Waals surface area contributed by atoms with Crippen molar-refractivity contribution in [3.8, 4) is 5.75 Å². The molecule has 1 aromatic heterocycles. The van der Waals surface area contributed by atoms with E-state index in [1.165, 1.54) is 25.7 Å². The summed E-state index contributed by atoms with van der Waals surface area (Å²) in [6, 6.07) is 6.08. The Morgan fingerprint density at radius 3 is 2.85 bits per heavy atom. The number of amides is 1. The summed E-state index contributed by atoms with van der Waals surface area (Å²) >= 11 is 0. The number of hydrogen-bond donors (Lipinski definition) is 2. The van der Waals surface area contributed by atoms with Crippen molar-refractivity contribution in [1.29, 1.82) is 0 Å². The van der Waals surface area contributed by atoms with Gasteiger partial charge in [-0.2, -0.15) is 0 Å². The van der Waals surface area contributed by atoms with Crippen molar-refractivity contribution in [3.63, 3.8) is 0 Å². The van der Waals surface area contributed by atoms with Crippen LogP contribution in [0.25, 0.3) is 11.0 Å². The number of rotatable bonds is 4. The summed E-state index contributed by atoms with van der Waals surface area (Å²) in [5.74, 6) is 2.37. The number of nitrogens with one attached hydrogen (secondary N) is 2. The molecule has 4 unspecified atom stereocenters. The summed E-state index contributed by atoms with van der Waals surface area (Å²) in [5, 5.41) is 7.73. The number of ether oxygens (including phenoxy) is 1. The molecule has 5 nitrogen and oxygen atoms in total. The second-order valence-corrected chi connectivity index (χ2v) is 7.79. The van der Waals surface area contributed by atoms with E-state index in [2.05, 4.69) is 10.6 Å². The zero-order valence-corrected chi connectivity index (χ0v) is 17.0. The molecule has 2 N–H and O–H groups in total. The van der Waals surface area contributed by atoms with E-state index in [0.717, 1.165) is 34.5 Å². The third-order valence-corrected chi connectivity index (χ3v) is 6.11. The van der Waals surface area contributed by atoms with Crippen LogP contribution in [0.3, 0.4) is 0 Å². The van der Waals surface area contributed by atoms with Crippen LogP contribution in [-0.2, 0) is 4.79 Å². The summed E-state index contributed by atoms with van der Waals surface area (Å²) in [4.78, 5) is 12.8. The molecule has 148 valence electrons. The summed E-state index contributed by atoms with van der Waals surface area (Å²) in [6.07, 6.45) is 5.99. The second kappa shape index (κ2) is 8.11. The Bertz CT molecular complexity index is 805. The van der Waals surface area contributed by atoms with Crippen LogP contribution >= 0.6 is 12.4 Å². The lowest BCUT2D eigenvalue weighted by atomic mass is 9.85. The van der Waals surface area contributed by atoms with Crippen LogP contribution in [-0.4, -0.2) is 25.1 Å². The maximum Gasteiger partial charge on any atom is 0.237 e. The van der Waals surface area contributed by atoms with Crippen molar-refractivity contribution >= 4 is 29.3 Å². The van der Waals surface area contributed by atoms with E-state index < -0.39 is 0 Å². The molecule has 1 aromatic carbocycles. The molecule has 6 heteroatoms. The highest BCUT2D eigenvalue weighted by molar-refractivity contribution is 5.86. The van der Waals surface area contributed by atoms with Gasteiger partial charge >= 0.3 is 0 Å². The summed E-state index contributed by atoms with van der Waals surface area (Å²) in [6.45, 7) is 4.02. The molecule has 4 rings (SSSR count). The monoisotopic (exact) mass is 392 g/mol. The van der Waals surface area contributed by atoms with Gasteiger partial charge in [0.2, 0.25) is 5.91 Å². The first-order valence-electron chi connectivity index (χ1n) is 9.70. The number of carbonyl (C=O) groups is 1. The minimum atomic E-state index is -0.162. The van der Waals surface area contributed by atoms with Crippen molar-refractivity contribution in [1.82, 2.24) is 10.6 Å². The third-order valence-electron chi connectivity index (χ3n) is 6.11. The van der Waals surface area contributed by atoms with Crippen molar-refractivity contribution in [2.45, 2.75) is 64.1 Å². The molecular weight excluding hydrogens is 364 g/mol. The van der Waals surface area contributed by atoms with Crippen LogP contribution in [0.15, 0.2) is 22.6 Å². The summed E-state index contributed by atoms with van der Waals surface area (Å²) < 4.78 is 11.3. The minimum absolute atomic E-state index is 0. The predicted molar refractivity (Wildman–Crippen MR) is 109 cm³/mol. The number of furan rings is 1. The van der Waals surface area contributed by atoms with Gasteiger partial charge in [0.25, 0.3) is 0 Å². The molecule has 1 aliphatic heterocycles. The molecule has 1 saturated carbocycles. The van der Waals surface area contributed by atoms with Gasteiger partial charge in [0.15, 0.2) is 0 Å². The lowest BCUT2D eigenvalue weighted by molar-refractivity contribution is -0.123. The van der Waals surface area contributed by atoms with Crippen molar-refractivity contribution in [2.24, 2.45) is 5.92 Å². The fourth-order valence-electron chi connectivity index (χ4n) is 4.66. The zero-order valence-electron chi connectivity index (χ0n) is 16.2. The molecule has 2 heterocycles. The number of aryl methyl sites for hydroxylation is 1. The Balaban J connectivity index is 0.00000210. The standard InChI is InChI=1S/C21H28N2O3.ClH/c1-12-16-11-15(25-3)8-9-19(16)26-20(12)13(2)22-21(24)18-10-14-6-4-5-7-17(14)23-18;/h8-9,11,13-14,17-18,23H,4-7,10H2,1-3H3,(H,22,24);1H. The normalized spacial score (nSPS) is 25.5. The van der Waals surface area contributed by atoms with Crippen molar-refractivity contribution < 1.29 is 13.9 Å². The van der Waals surface area contributed by atoms with Gasteiger partial charge in [0.1, 0.15) is 17.1 Å². The average molecular weight is 393 g/mol. The number of hydrogen-bond acceptors (Lipinski definition) is 4. The predicted octanol–water partition coefficient (Wildman–Crippen LogP) is 4.27. The molecule has 1 aliphatic carbocycles. The molecule has 0 radical (unpaired) electrons. The largest absolute Gasteiger partial charge is 0.497 e. The van der Waals surface area contributed by atoms with Crippen LogP contribution < -0.4 is 15.4 Å². The Labute approximate surface area is 166 Å². The summed E-state index contributed by atoms with van der Waals surface area (Å²) in [7, 11) is 1.66. The molecule has 1 amide bonds. The molecule has 2 aromatic rings. The van der Waals surface area contributed by atoms with E-state index in [1.54, 1.807) is 7.11 Å². The highest BCUT2D eigenvalue weighted by atomic mass is 35.5. The zero-order chi connectivity index (χ0) is 18.3. The third kappa shape index (κ3) is 3.81. The van der Waals surface area contributed by atoms with Gasteiger partial charge in [-0.1, -0.05) is 12.8 Å². The van der Waals surface area contributed by atoms with Crippen molar-refractivity contribution in [3.05, 3.63) is 29.5 Å². The van der Waals surface area contributed by atoms with Gasteiger partial charge < -0.3 is 19.8 Å². The number of methoxy groups -OCH3 is 1. The Morgan fingerprint density at radius 2 is 2.11 bits per heavy atom. The van der Waals surface area contributed by atoms with Gasteiger partial charge in [0, 0.05) is 17.0 Å². The molecule has 27 heavy (non-hydrogen) atoms. The molecule has 0 bridgehead atoms. The maximum absolute atomic E-state index is 12.8. The average Bonchev–Trinajstić information content (AvgIpc) is 3.23. The molecule has 2 fully saturated rings. The first-order chi connectivity index (χ1) is 12.6. The van der Waals surface area contributed by atoms with E-state index >= 15 is 0 Å². The lowest BCUT2D eigenvalue weighted by Gasteiger charge is -2.24. The Hall–Kier alpha value is -1.72. The Kier molecular flexibility index (Phi) is 6.02. The van der Waals surface area contributed by atoms with Crippen LogP contribution in [0.1, 0.15) is 56.4 Å². The maximum atomic E-state index is 12.8. The lowest BCUT2D eigenvalue weighted by Crippen LogP contribution is -2.43. The molecule has 0 spiro atoms. The van der Waals surface area contributed by atoms with E-state index in [-0.39, 0.29) is 30.4 Å². The second-order valence-electron chi connectivity index (χ2n) is 7.79. The van der Waals surface area contributed by atoms with Gasteiger partial charge in [-0.25, -0.2) is 0 Å². The van der Waals surface area contributed by atoms with E-state index in [0.29, 0.717) is 12.0 Å². The van der Waals surface area contributed by atoms with Gasteiger partial charge in [-0.05, 0) is 57.2 Å². The van der Waals surface area contributed by atoms with Crippen molar-refractivity contribution in [2.75, 3.05) is 7.11 Å². The van der Waals surface area contributed by atoms with E-state index in [9.17, 15) is 4.79 Å². The number of halogens is 1. The molecule has 2 aliphatic rings. The van der Waals surface area contributed by atoms with Crippen LogP contribution in [0.2, 0.25) is 0 Å². The van der Waals surface area contributed by atoms with Gasteiger partial charge in [-0.3, -0.25) is 4.79 Å². The number of benzene rings is 1. The van der Waals surface area contributed by atoms with Crippen LogP contribution in [0.5, 0.6) is 5.75 Å². The number of carbonyl (C=O) groups excluding carboxylic acids is 1.